The summed E-state index contributed by atoms with van der Waals surface area (Å²) < 4.78 is 0. The molecule has 2 N–H and O–H groups in total. The molecule has 3 rings (SSSR count). The Balaban J connectivity index is 1.52. The van der Waals surface area contributed by atoms with Crippen LogP contribution in [0.3, 0.4) is 0 Å². The molecule has 1 aromatic carbocycles. The van der Waals surface area contributed by atoms with E-state index in [1.165, 1.54) is 11.1 Å². The quantitative estimate of drug-likeness (QED) is 0.781. The van der Waals surface area contributed by atoms with Crippen LogP contribution in [-0.4, -0.2) is 24.2 Å². The van der Waals surface area contributed by atoms with Gasteiger partial charge in [0.25, 0.3) is 0 Å². The number of hydrogen-bond acceptors (Lipinski definition) is 2. The Morgan fingerprint density at radius 3 is 2.95 bits per heavy atom. The van der Waals surface area contributed by atoms with Gasteiger partial charge in [-0.1, -0.05) is 24.3 Å². The van der Waals surface area contributed by atoms with Crippen LogP contribution in [0.4, 0.5) is 0 Å². The van der Waals surface area contributed by atoms with Crippen molar-refractivity contribution in [1.29, 1.82) is 0 Å². The van der Waals surface area contributed by atoms with Gasteiger partial charge in [0.15, 0.2) is 0 Å². The lowest BCUT2D eigenvalue weighted by Gasteiger charge is -2.13. The normalized spacial score (nSPS) is 26.6. The van der Waals surface area contributed by atoms with Gasteiger partial charge in [0, 0.05) is 19.1 Å². The van der Waals surface area contributed by atoms with Crippen molar-refractivity contribution in [3.8, 4) is 0 Å². The predicted octanol–water partition coefficient (Wildman–Crippen LogP) is 2.24. The Kier molecular flexibility index (Phi) is 4.06. The average molecular weight is 273 g/mol. The molecule has 2 aliphatic carbocycles. The van der Waals surface area contributed by atoms with E-state index in [0.29, 0.717) is 11.8 Å². The molecule has 108 valence electrons. The first-order valence-corrected chi connectivity index (χ1v) is 7.79. The highest BCUT2D eigenvalue weighted by atomic mass is 16.2. The molecule has 1 fully saturated rings. The van der Waals surface area contributed by atoms with Gasteiger partial charge in [-0.2, -0.15) is 0 Å². The van der Waals surface area contributed by atoms with Gasteiger partial charge < -0.3 is 10.4 Å². The molecular formula is C17H23NO2. The molecule has 0 saturated heterocycles. The monoisotopic (exact) mass is 273 g/mol. The van der Waals surface area contributed by atoms with Gasteiger partial charge in [0.05, 0.1) is 0 Å². The lowest BCUT2D eigenvalue weighted by Crippen LogP contribution is -2.27. The SMILES string of the molecule is O=C(NCCCCCO)C1C2CCc3ccccc3C21. The van der Waals surface area contributed by atoms with Crippen LogP contribution in [0.15, 0.2) is 24.3 Å². The number of amides is 1. The molecule has 3 atom stereocenters. The summed E-state index contributed by atoms with van der Waals surface area (Å²) in [5.41, 5.74) is 2.84. The minimum absolute atomic E-state index is 0.205. The van der Waals surface area contributed by atoms with Crippen molar-refractivity contribution in [2.45, 2.75) is 38.0 Å². The van der Waals surface area contributed by atoms with E-state index in [2.05, 4.69) is 29.6 Å². The molecule has 0 bridgehead atoms. The molecule has 3 nitrogen and oxygen atoms in total. The van der Waals surface area contributed by atoms with Crippen molar-refractivity contribution >= 4 is 5.91 Å². The van der Waals surface area contributed by atoms with Crippen molar-refractivity contribution in [2.24, 2.45) is 11.8 Å². The fourth-order valence-electron chi connectivity index (χ4n) is 3.67. The third kappa shape index (κ3) is 2.59. The van der Waals surface area contributed by atoms with E-state index >= 15 is 0 Å². The molecule has 0 aliphatic heterocycles. The highest BCUT2D eigenvalue weighted by Crippen LogP contribution is 2.59. The van der Waals surface area contributed by atoms with E-state index in [4.69, 9.17) is 5.11 Å². The summed E-state index contributed by atoms with van der Waals surface area (Å²) in [7, 11) is 0. The fourth-order valence-corrected chi connectivity index (χ4v) is 3.67. The Bertz CT molecular complexity index is 486. The molecule has 20 heavy (non-hydrogen) atoms. The molecule has 2 aliphatic rings. The summed E-state index contributed by atoms with van der Waals surface area (Å²) in [6, 6.07) is 8.58. The Morgan fingerprint density at radius 2 is 2.10 bits per heavy atom. The maximum atomic E-state index is 12.3. The van der Waals surface area contributed by atoms with Crippen molar-refractivity contribution < 1.29 is 9.90 Å². The van der Waals surface area contributed by atoms with E-state index in [-0.39, 0.29) is 18.4 Å². The molecule has 1 saturated carbocycles. The number of aliphatic hydroxyl groups is 1. The van der Waals surface area contributed by atoms with Crippen LogP contribution in [0.1, 0.15) is 42.7 Å². The first kappa shape index (κ1) is 13.6. The number of aliphatic hydroxyl groups excluding tert-OH is 1. The molecule has 0 radical (unpaired) electrons. The predicted molar refractivity (Wildman–Crippen MR) is 78.4 cm³/mol. The highest BCUT2D eigenvalue weighted by Gasteiger charge is 2.56. The van der Waals surface area contributed by atoms with Crippen molar-refractivity contribution in [1.82, 2.24) is 5.32 Å². The van der Waals surface area contributed by atoms with E-state index in [9.17, 15) is 4.79 Å². The lowest BCUT2D eigenvalue weighted by atomic mass is 9.92. The summed E-state index contributed by atoms with van der Waals surface area (Å²) >= 11 is 0. The van der Waals surface area contributed by atoms with Gasteiger partial charge in [-0.3, -0.25) is 4.79 Å². The maximum absolute atomic E-state index is 12.3. The van der Waals surface area contributed by atoms with Crippen molar-refractivity contribution in [3.05, 3.63) is 35.4 Å². The smallest absolute Gasteiger partial charge is 0.224 e. The van der Waals surface area contributed by atoms with E-state index in [1.54, 1.807) is 0 Å². The molecule has 1 aromatic rings. The number of carbonyl (C=O) groups excluding carboxylic acids is 1. The van der Waals surface area contributed by atoms with E-state index in [1.807, 2.05) is 0 Å². The summed E-state index contributed by atoms with van der Waals surface area (Å²) in [6.45, 7) is 0.994. The van der Waals surface area contributed by atoms with E-state index < -0.39 is 0 Å². The van der Waals surface area contributed by atoms with Gasteiger partial charge in [0.2, 0.25) is 5.91 Å². The van der Waals surface area contributed by atoms with Gasteiger partial charge in [0.1, 0.15) is 0 Å². The number of benzene rings is 1. The topological polar surface area (TPSA) is 49.3 Å². The molecule has 3 unspecified atom stereocenters. The van der Waals surface area contributed by atoms with Gasteiger partial charge in [-0.15, -0.1) is 0 Å². The standard InChI is InChI=1S/C17H23NO2/c19-11-5-1-4-10-18-17(20)16-14-9-8-12-6-2-3-7-13(12)15(14)16/h2-3,6-7,14-16,19H,1,4-5,8-11H2,(H,18,20). The zero-order valence-corrected chi connectivity index (χ0v) is 11.8. The molecule has 3 heteroatoms. The number of fused-ring (bicyclic) bond motifs is 3. The molecule has 0 heterocycles. The number of rotatable bonds is 6. The third-order valence-corrected chi connectivity index (χ3v) is 4.77. The molecular weight excluding hydrogens is 250 g/mol. The number of hydrogen-bond donors (Lipinski definition) is 2. The zero-order chi connectivity index (χ0) is 13.9. The number of nitrogens with one attached hydrogen (secondary N) is 1. The Morgan fingerprint density at radius 1 is 1.25 bits per heavy atom. The van der Waals surface area contributed by atoms with Crippen LogP contribution in [0.5, 0.6) is 0 Å². The van der Waals surface area contributed by atoms with Crippen molar-refractivity contribution in [3.63, 3.8) is 0 Å². The first-order valence-electron chi connectivity index (χ1n) is 7.79. The third-order valence-electron chi connectivity index (χ3n) is 4.77. The van der Waals surface area contributed by atoms with Crippen LogP contribution in [0.2, 0.25) is 0 Å². The molecule has 1 amide bonds. The van der Waals surface area contributed by atoms with Gasteiger partial charge >= 0.3 is 0 Å². The minimum atomic E-state index is 0.205. The Labute approximate surface area is 120 Å². The first-order chi connectivity index (χ1) is 9.83. The number of aryl methyl sites for hydroxylation is 1. The lowest BCUT2D eigenvalue weighted by molar-refractivity contribution is -0.122. The van der Waals surface area contributed by atoms with Crippen LogP contribution in [-0.2, 0) is 11.2 Å². The Hall–Kier alpha value is -1.35. The fraction of sp³-hybridized carbons (Fsp3) is 0.588. The van der Waals surface area contributed by atoms with E-state index in [0.717, 1.165) is 38.6 Å². The minimum Gasteiger partial charge on any atom is -0.396 e. The summed E-state index contributed by atoms with van der Waals surface area (Å²) in [6.07, 6.45) is 5.06. The van der Waals surface area contributed by atoms with Crippen LogP contribution in [0, 0.1) is 11.8 Å². The van der Waals surface area contributed by atoms with Gasteiger partial charge in [-0.05, 0) is 55.1 Å². The number of unbranched alkanes of at least 4 members (excludes halogenated alkanes) is 2. The van der Waals surface area contributed by atoms with Crippen LogP contribution in [0.25, 0.3) is 0 Å². The maximum Gasteiger partial charge on any atom is 0.224 e. The summed E-state index contributed by atoms with van der Waals surface area (Å²) in [4.78, 5) is 12.3. The second-order valence-electron chi connectivity index (χ2n) is 6.03. The second kappa shape index (κ2) is 5.96. The number of carbonyl (C=O) groups is 1. The summed E-state index contributed by atoms with van der Waals surface area (Å²) in [5.74, 6) is 1.48. The zero-order valence-electron chi connectivity index (χ0n) is 11.8. The van der Waals surface area contributed by atoms with Crippen LogP contribution >= 0.6 is 0 Å². The summed E-state index contributed by atoms with van der Waals surface area (Å²) in [5, 5.41) is 11.8. The highest BCUT2D eigenvalue weighted by molar-refractivity contribution is 5.84. The average Bonchev–Trinajstić information content (AvgIpc) is 3.22. The van der Waals surface area contributed by atoms with Crippen LogP contribution < -0.4 is 5.32 Å². The molecule has 0 spiro atoms. The van der Waals surface area contributed by atoms with Gasteiger partial charge in [-0.25, -0.2) is 0 Å². The molecule has 0 aromatic heterocycles. The van der Waals surface area contributed by atoms with Crippen molar-refractivity contribution in [2.75, 3.05) is 13.2 Å². The largest absolute Gasteiger partial charge is 0.396 e. The second-order valence-corrected chi connectivity index (χ2v) is 6.03.